The van der Waals surface area contributed by atoms with E-state index in [1.165, 1.54) is 55.6 Å². The Morgan fingerprint density at radius 2 is 1.18 bits per heavy atom. The average molecular weight is 559 g/mol. The van der Waals surface area contributed by atoms with Gasteiger partial charge in [-0.05, 0) is 61.5 Å². The Bertz CT molecular complexity index is 1300. The lowest BCUT2D eigenvalue weighted by molar-refractivity contribution is 0.323. The fourth-order valence-corrected chi connectivity index (χ4v) is 6.64. The second-order valence-corrected chi connectivity index (χ2v) is 12.5. The summed E-state index contributed by atoms with van der Waals surface area (Å²) in [6.45, 7) is 14.9. The zero-order valence-corrected chi connectivity index (χ0v) is 25.6. The Kier molecular flexibility index (Phi) is 10.9. The van der Waals surface area contributed by atoms with Gasteiger partial charge in [-0.15, -0.1) is 22.7 Å². The molecule has 206 valence electrons. The summed E-state index contributed by atoms with van der Waals surface area (Å²) in [5, 5.41) is 2.32. The van der Waals surface area contributed by atoms with Crippen LogP contribution in [0.25, 0.3) is 32.0 Å². The van der Waals surface area contributed by atoms with Gasteiger partial charge in [-0.1, -0.05) is 82.3 Å². The van der Waals surface area contributed by atoms with E-state index in [-0.39, 0.29) is 0 Å². The van der Waals surface area contributed by atoms with Crippen LogP contribution in [0.5, 0.6) is 0 Å². The Balaban J connectivity index is 1.39. The molecule has 0 aliphatic rings. The van der Waals surface area contributed by atoms with Crippen molar-refractivity contribution in [3.63, 3.8) is 0 Å². The Labute approximate surface area is 243 Å². The van der Waals surface area contributed by atoms with E-state index in [2.05, 4.69) is 97.7 Å². The number of thiazole rings is 2. The molecule has 2 heterocycles. The Morgan fingerprint density at radius 3 is 1.67 bits per heavy atom. The van der Waals surface area contributed by atoms with Gasteiger partial charge < -0.3 is 4.90 Å². The number of hydrogen-bond acceptors (Lipinski definition) is 6. The molecule has 0 saturated heterocycles. The maximum Gasteiger partial charge on any atom is 0.112 e. The molecule has 0 atom stereocenters. The van der Waals surface area contributed by atoms with E-state index >= 15 is 0 Å². The smallest absolute Gasteiger partial charge is 0.112 e. The van der Waals surface area contributed by atoms with E-state index in [1.54, 1.807) is 22.7 Å². The molecule has 0 bridgehead atoms. The van der Waals surface area contributed by atoms with Crippen LogP contribution in [0.1, 0.15) is 62.9 Å². The van der Waals surface area contributed by atoms with Crippen LogP contribution < -0.4 is 0 Å². The summed E-state index contributed by atoms with van der Waals surface area (Å²) in [6.07, 6.45) is 9.77. The van der Waals surface area contributed by atoms with Crippen molar-refractivity contribution in [2.45, 2.75) is 66.0 Å². The molecular weight excluding hydrogens is 517 g/mol. The topological polar surface area (TPSA) is 32.3 Å². The lowest BCUT2D eigenvalue weighted by Crippen LogP contribution is -2.22. The molecule has 0 fully saturated rings. The van der Waals surface area contributed by atoms with E-state index in [4.69, 9.17) is 4.98 Å². The summed E-state index contributed by atoms with van der Waals surface area (Å²) in [5.74, 6) is 0. The lowest BCUT2D eigenvalue weighted by atomic mass is 10.0. The zero-order valence-electron chi connectivity index (χ0n) is 23.9. The van der Waals surface area contributed by atoms with Crippen molar-refractivity contribution in [3.8, 4) is 32.0 Å². The third-order valence-corrected chi connectivity index (χ3v) is 8.94. The summed E-state index contributed by atoms with van der Waals surface area (Å²) in [6, 6.07) is 17.7. The van der Waals surface area contributed by atoms with Gasteiger partial charge in [-0.3, -0.25) is 4.90 Å². The van der Waals surface area contributed by atoms with E-state index in [9.17, 15) is 0 Å². The number of unbranched alkanes of at least 4 members (excludes halogenated alkanes) is 1. The van der Waals surface area contributed by atoms with Gasteiger partial charge >= 0.3 is 0 Å². The fourth-order valence-electron chi connectivity index (χ4n) is 4.70. The molecule has 39 heavy (non-hydrogen) atoms. The molecule has 2 aromatic carbocycles. The van der Waals surface area contributed by atoms with Crippen LogP contribution in [-0.2, 0) is 13.1 Å². The molecule has 0 N–H and O–H groups in total. The third kappa shape index (κ3) is 8.10. The zero-order chi connectivity index (χ0) is 27.6. The number of hydrogen-bond donors (Lipinski definition) is 0. The van der Waals surface area contributed by atoms with Crippen molar-refractivity contribution in [1.82, 2.24) is 19.8 Å². The maximum atomic E-state index is 4.75. The fraction of sp³-hybridized carbons (Fsp3) is 0.394. The highest BCUT2D eigenvalue weighted by molar-refractivity contribution is 7.15. The van der Waals surface area contributed by atoms with E-state index in [1.807, 2.05) is 12.4 Å². The first-order valence-electron chi connectivity index (χ1n) is 14.2. The van der Waals surface area contributed by atoms with Crippen molar-refractivity contribution < 1.29 is 0 Å². The predicted octanol–water partition coefficient (Wildman–Crippen LogP) is 9.36. The molecule has 0 aliphatic heterocycles. The van der Waals surface area contributed by atoms with Crippen molar-refractivity contribution in [2.24, 2.45) is 0 Å². The van der Waals surface area contributed by atoms with Gasteiger partial charge in [-0.25, -0.2) is 9.97 Å². The minimum Gasteiger partial charge on any atom is -0.369 e. The van der Waals surface area contributed by atoms with E-state index < -0.39 is 0 Å². The van der Waals surface area contributed by atoms with Crippen LogP contribution in [0, 0.1) is 0 Å². The van der Waals surface area contributed by atoms with Gasteiger partial charge in [0.15, 0.2) is 0 Å². The predicted molar refractivity (Wildman–Crippen MR) is 170 cm³/mol. The van der Waals surface area contributed by atoms with Crippen LogP contribution >= 0.6 is 22.7 Å². The third-order valence-electron chi connectivity index (χ3n) is 6.88. The van der Waals surface area contributed by atoms with Gasteiger partial charge in [0, 0.05) is 24.6 Å². The molecule has 0 radical (unpaired) electrons. The quantitative estimate of drug-likeness (QED) is 0.145. The molecule has 2 aromatic heterocycles. The maximum absolute atomic E-state index is 4.75. The van der Waals surface area contributed by atoms with Crippen molar-refractivity contribution in [3.05, 3.63) is 83.2 Å². The average Bonchev–Trinajstić information content (AvgIpc) is 3.62. The van der Waals surface area contributed by atoms with Crippen LogP contribution in [0.3, 0.4) is 0 Å². The summed E-state index contributed by atoms with van der Waals surface area (Å²) in [5.41, 5.74) is 6.13. The molecule has 0 saturated carbocycles. The minimum absolute atomic E-state index is 0.849. The molecular formula is C33H42N4S2. The number of rotatable bonds is 15. The summed E-state index contributed by atoms with van der Waals surface area (Å²) < 4.78 is 0. The highest BCUT2D eigenvalue weighted by Crippen LogP contribution is 2.32. The van der Waals surface area contributed by atoms with E-state index in [0.717, 1.165) is 50.4 Å². The highest BCUT2D eigenvalue weighted by Gasteiger charge is 2.12. The van der Waals surface area contributed by atoms with Crippen LogP contribution in [0.15, 0.2) is 73.2 Å². The Hall–Kier alpha value is -2.80. The molecule has 0 amide bonds. The highest BCUT2D eigenvalue weighted by atomic mass is 32.1. The summed E-state index contributed by atoms with van der Waals surface area (Å²) in [4.78, 5) is 16.6. The Morgan fingerprint density at radius 1 is 0.692 bits per heavy atom. The summed E-state index contributed by atoms with van der Waals surface area (Å²) in [7, 11) is 2.16. The normalized spacial score (nSPS) is 11.3. The standard InChI is InChI=1S/C33H42N4S2/c1-6-9-10-25(4)37(20-8-3)24-33-35-22-31(39-33)29-17-13-27(14-18-29)26-11-15-28(16-12-26)30-21-34-32(38-30)23-36(5)19-7-2/h11-18,21-22H,4,6-10,19-20,23-24H2,1-3,5H3. The number of aromatic nitrogens is 2. The number of benzene rings is 2. The first kappa shape index (κ1) is 29.2. The van der Waals surface area contributed by atoms with Gasteiger partial charge in [0.25, 0.3) is 0 Å². The molecule has 4 aromatic rings. The lowest BCUT2D eigenvalue weighted by Gasteiger charge is -2.25. The molecule has 4 nitrogen and oxygen atoms in total. The molecule has 0 unspecified atom stereocenters. The van der Waals surface area contributed by atoms with Gasteiger partial charge in [0.1, 0.15) is 10.0 Å². The molecule has 6 heteroatoms. The van der Waals surface area contributed by atoms with Gasteiger partial charge in [0.05, 0.1) is 22.8 Å². The van der Waals surface area contributed by atoms with Crippen molar-refractivity contribution >= 4 is 22.7 Å². The second-order valence-electron chi connectivity index (χ2n) is 10.2. The van der Waals surface area contributed by atoms with Gasteiger partial charge in [0.2, 0.25) is 0 Å². The monoisotopic (exact) mass is 558 g/mol. The van der Waals surface area contributed by atoms with E-state index in [0.29, 0.717) is 0 Å². The van der Waals surface area contributed by atoms with Crippen molar-refractivity contribution in [2.75, 3.05) is 20.1 Å². The van der Waals surface area contributed by atoms with Crippen LogP contribution in [0.4, 0.5) is 0 Å². The van der Waals surface area contributed by atoms with Crippen molar-refractivity contribution in [1.29, 1.82) is 0 Å². The second kappa shape index (κ2) is 14.5. The van der Waals surface area contributed by atoms with Crippen LogP contribution in [-0.4, -0.2) is 39.9 Å². The first-order chi connectivity index (χ1) is 19.0. The minimum atomic E-state index is 0.849. The molecule has 4 rings (SSSR count). The summed E-state index contributed by atoms with van der Waals surface area (Å²) >= 11 is 3.58. The number of allylic oxidation sites excluding steroid dienone is 1. The molecule has 0 aliphatic carbocycles. The van der Waals surface area contributed by atoms with Crippen LogP contribution in [0.2, 0.25) is 0 Å². The van der Waals surface area contributed by atoms with Gasteiger partial charge in [-0.2, -0.15) is 0 Å². The number of nitrogens with zero attached hydrogens (tertiary/aromatic N) is 4. The SMILES string of the molecule is C=C(CCCC)N(CCC)Cc1ncc(-c2ccc(-c3ccc(-c4cnc(CN(C)CCC)s4)cc3)cc2)s1. The molecule has 0 spiro atoms. The first-order valence-corrected chi connectivity index (χ1v) is 15.9. The largest absolute Gasteiger partial charge is 0.369 e.